The Labute approximate surface area is 145 Å². The molecule has 128 valence electrons. The first-order chi connectivity index (χ1) is 12.3. The topological polar surface area (TPSA) is 72.6 Å². The molecular weight excluding hydrogens is 318 g/mol. The van der Waals surface area contributed by atoms with E-state index in [9.17, 15) is 4.79 Å². The van der Waals surface area contributed by atoms with E-state index in [1.54, 1.807) is 17.8 Å². The Bertz CT molecular complexity index is 907. The number of amides is 1. The van der Waals surface area contributed by atoms with E-state index in [2.05, 4.69) is 15.1 Å². The summed E-state index contributed by atoms with van der Waals surface area (Å²) in [5.74, 6) is 1.40. The van der Waals surface area contributed by atoms with Gasteiger partial charge in [-0.2, -0.15) is 14.6 Å². The third kappa shape index (κ3) is 2.82. The maximum Gasteiger partial charge on any atom is 0.252 e. The molecule has 1 amide bonds. The summed E-state index contributed by atoms with van der Waals surface area (Å²) in [6.07, 6.45) is 5.42. The molecule has 7 heteroatoms. The number of methoxy groups -OCH3 is 1. The van der Waals surface area contributed by atoms with Gasteiger partial charge >= 0.3 is 0 Å². The van der Waals surface area contributed by atoms with Gasteiger partial charge in [-0.3, -0.25) is 4.79 Å². The number of likely N-dealkylation sites (tertiary alicyclic amines) is 1. The summed E-state index contributed by atoms with van der Waals surface area (Å²) >= 11 is 0. The third-order valence-corrected chi connectivity index (χ3v) is 4.66. The number of aromatic nitrogens is 4. The number of hydrogen-bond acceptors (Lipinski definition) is 5. The fraction of sp³-hybridized carbons (Fsp3) is 0.333. The van der Waals surface area contributed by atoms with E-state index in [0.717, 1.165) is 36.4 Å². The molecule has 1 aliphatic rings. The number of hydrogen-bond donors (Lipinski definition) is 0. The maximum atomic E-state index is 13.0. The lowest BCUT2D eigenvalue weighted by Gasteiger charge is -2.25. The summed E-state index contributed by atoms with van der Waals surface area (Å²) in [5, 5.41) is 4.25. The van der Waals surface area contributed by atoms with Crippen LogP contribution in [0.4, 0.5) is 0 Å². The number of para-hydroxylation sites is 1. The quantitative estimate of drug-likeness (QED) is 0.728. The zero-order chi connectivity index (χ0) is 17.2. The minimum atomic E-state index is -0.00518. The van der Waals surface area contributed by atoms with Crippen LogP contribution in [0.25, 0.3) is 5.78 Å². The van der Waals surface area contributed by atoms with Crippen molar-refractivity contribution in [3.8, 4) is 5.75 Å². The molecule has 0 spiro atoms. The minimum absolute atomic E-state index is 0.00518. The van der Waals surface area contributed by atoms with Crippen molar-refractivity contribution in [3.63, 3.8) is 0 Å². The highest BCUT2D eigenvalue weighted by Crippen LogP contribution is 2.32. The normalized spacial score (nSPS) is 17.2. The van der Waals surface area contributed by atoms with Gasteiger partial charge < -0.3 is 9.64 Å². The predicted octanol–water partition coefficient (Wildman–Crippen LogP) is 2.04. The largest absolute Gasteiger partial charge is 0.496 e. The summed E-state index contributed by atoms with van der Waals surface area (Å²) in [6.45, 7) is 0.747. The molecule has 0 saturated carbocycles. The van der Waals surface area contributed by atoms with Crippen LogP contribution in [-0.4, -0.2) is 44.0 Å². The van der Waals surface area contributed by atoms with E-state index in [1.165, 1.54) is 6.33 Å². The lowest BCUT2D eigenvalue weighted by Crippen LogP contribution is -2.33. The van der Waals surface area contributed by atoms with Crippen molar-refractivity contribution in [2.45, 2.75) is 25.3 Å². The van der Waals surface area contributed by atoms with Crippen LogP contribution in [0, 0.1) is 0 Å². The van der Waals surface area contributed by atoms with Gasteiger partial charge in [-0.1, -0.05) is 18.2 Å². The molecule has 7 nitrogen and oxygen atoms in total. The summed E-state index contributed by atoms with van der Waals surface area (Å²) in [7, 11) is 1.63. The van der Waals surface area contributed by atoms with Gasteiger partial charge in [0.1, 0.15) is 12.1 Å². The summed E-state index contributed by atoms with van der Waals surface area (Å²) in [4.78, 5) is 23.2. The van der Waals surface area contributed by atoms with Crippen molar-refractivity contribution in [1.82, 2.24) is 24.5 Å². The van der Waals surface area contributed by atoms with E-state index in [0.29, 0.717) is 12.2 Å². The van der Waals surface area contributed by atoms with Gasteiger partial charge in [0, 0.05) is 18.3 Å². The molecule has 3 aromatic rings. The van der Waals surface area contributed by atoms with Crippen LogP contribution in [0.5, 0.6) is 5.75 Å². The summed E-state index contributed by atoms with van der Waals surface area (Å²) in [5.41, 5.74) is 1.86. The average molecular weight is 337 g/mol. The molecule has 1 saturated heterocycles. The van der Waals surface area contributed by atoms with Crippen LogP contribution < -0.4 is 4.74 Å². The van der Waals surface area contributed by atoms with Crippen LogP contribution in [0.2, 0.25) is 0 Å². The van der Waals surface area contributed by atoms with Crippen LogP contribution in [0.3, 0.4) is 0 Å². The molecule has 3 heterocycles. The van der Waals surface area contributed by atoms with Crippen molar-refractivity contribution in [2.75, 3.05) is 13.7 Å². The van der Waals surface area contributed by atoms with Gasteiger partial charge in [-0.15, -0.1) is 0 Å². The zero-order valence-corrected chi connectivity index (χ0v) is 14.0. The molecule has 25 heavy (non-hydrogen) atoms. The molecule has 1 fully saturated rings. The summed E-state index contributed by atoms with van der Waals surface area (Å²) < 4.78 is 7.09. The number of carbonyl (C=O) groups excluding carboxylic acids is 1. The highest BCUT2D eigenvalue weighted by atomic mass is 16.5. The van der Waals surface area contributed by atoms with Crippen molar-refractivity contribution in [1.29, 1.82) is 0 Å². The highest BCUT2D eigenvalue weighted by Gasteiger charge is 2.32. The van der Waals surface area contributed by atoms with E-state index in [1.807, 2.05) is 35.2 Å². The van der Waals surface area contributed by atoms with Crippen LogP contribution in [-0.2, 0) is 11.2 Å². The number of carbonyl (C=O) groups is 1. The minimum Gasteiger partial charge on any atom is -0.496 e. The van der Waals surface area contributed by atoms with Gasteiger partial charge in [-0.05, 0) is 25.0 Å². The van der Waals surface area contributed by atoms with Crippen molar-refractivity contribution < 1.29 is 9.53 Å². The first-order valence-electron chi connectivity index (χ1n) is 8.34. The lowest BCUT2D eigenvalue weighted by atomic mass is 10.1. The third-order valence-electron chi connectivity index (χ3n) is 4.66. The summed E-state index contributed by atoms with van der Waals surface area (Å²) in [6, 6.07) is 9.56. The standard InChI is InChI=1S/C18H19N5O2/c1-25-16-7-3-2-5-13(16)11-17(24)22-10-4-6-14(22)15-8-9-19-18-20-12-21-23(15)18/h2-3,5,7-9,12,14H,4,6,10-11H2,1H3. The highest BCUT2D eigenvalue weighted by molar-refractivity contribution is 5.80. The molecule has 0 N–H and O–H groups in total. The van der Waals surface area contributed by atoms with Crippen LogP contribution in [0.1, 0.15) is 30.1 Å². The van der Waals surface area contributed by atoms with E-state index < -0.39 is 0 Å². The molecule has 0 radical (unpaired) electrons. The Kier molecular flexibility index (Phi) is 4.05. The number of ether oxygens (including phenoxy) is 1. The van der Waals surface area contributed by atoms with Crippen LogP contribution in [0.15, 0.2) is 42.9 Å². The Morgan fingerprint density at radius 2 is 2.16 bits per heavy atom. The predicted molar refractivity (Wildman–Crippen MR) is 91.2 cm³/mol. The molecule has 1 unspecified atom stereocenters. The van der Waals surface area contributed by atoms with Crippen molar-refractivity contribution in [2.24, 2.45) is 0 Å². The fourth-order valence-electron chi connectivity index (χ4n) is 3.49. The Balaban J connectivity index is 1.61. The molecule has 2 aromatic heterocycles. The molecule has 4 rings (SSSR count). The first kappa shape index (κ1) is 15.6. The number of fused-ring (bicyclic) bond motifs is 1. The molecule has 0 bridgehead atoms. The monoisotopic (exact) mass is 337 g/mol. The van der Waals surface area contributed by atoms with E-state index in [-0.39, 0.29) is 11.9 Å². The average Bonchev–Trinajstić information content (AvgIpc) is 3.31. The maximum absolute atomic E-state index is 13.0. The SMILES string of the molecule is COc1ccccc1CC(=O)N1CCCC1c1ccnc2ncnn12. The van der Waals surface area contributed by atoms with Gasteiger partial charge in [0.15, 0.2) is 0 Å². The van der Waals surface area contributed by atoms with Gasteiger partial charge in [0.25, 0.3) is 5.78 Å². The van der Waals surface area contributed by atoms with Crippen molar-refractivity contribution in [3.05, 3.63) is 54.1 Å². The Hall–Kier alpha value is -2.96. The fourth-order valence-corrected chi connectivity index (χ4v) is 3.49. The Morgan fingerprint density at radius 3 is 3.04 bits per heavy atom. The lowest BCUT2D eigenvalue weighted by molar-refractivity contribution is -0.131. The van der Waals surface area contributed by atoms with Gasteiger partial charge in [0.2, 0.25) is 5.91 Å². The molecule has 0 aliphatic carbocycles. The van der Waals surface area contributed by atoms with Crippen LogP contribution >= 0.6 is 0 Å². The number of nitrogens with zero attached hydrogens (tertiary/aromatic N) is 5. The number of rotatable bonds is 4. The second-order valence-corrected chi connectivity index (χ2v) is 6.08. The Morgan fingerprint density at radius 1 is 1.28 bits per heavy atom. The first-order valence-corrected chi connectivity index (χ1v) is 8.34. The second-order valence-electron chi connectivity index (χ2n) is 6.08. The van der Waals surface area contributed by atoms with Gasteiger partial charge in [0.05, 0.1) is 25.3 Å². The zero-order valence-electron chi connectivity index (χ0n) is 14.0. The number of benzene rings is 1. The second kappa shape index (κ2) is 6.51. The smallest absolute Gasteiger partial charge is 0.252 e. The van der Waals surface area contributed by atoms with E-state index in [4.69, 9.17) is 4.74 Å². The molecule has 1 aliphatic heterocycles. The molecular formula is C18H19N5O2. The molecule has 1 atom stereocenters. The van der Waals surface area contributed by atoms with E-state index >= 15 is 0 Å². The molecule has 1 aromatic carbocycles. The van der Waals surface area contributed by atoms with Crippen molar-refractivity contribution >= 4 is 11.7 Å². The van der Waals surface area contributed by atoms with Gasteiger partial charge in [-0.25, -0.2) is 4.98 Å².